The molecule has 2 atom stereocenters. The summed E-state index contributed by atoms with van der Waals surface area (Å²) in [5.74, 6) is 3.22. The van der Waals surface area contributed by atoms with E-state index in [0.717, 1.165) is 29.1 Å². The Bertz CT molecular complexity index is 1250. The number of benzene rings is 1. The normalized spacial score (nSPS) is 17.5. The first-order valence-electron chi connectivity index (χ1n) is 11.1. The van der Waals surface area contributed by atoms with Crippen molar-refractivity contribution in [2.45, 2.75) is 39.2 Å². The SMILES string of the molecule is Cc1cc(CNc2cc(OCCC3CC3c3ccc4ccccc4n3)nc(C)n2)n(C)n1. The van der Waals surface area contributed by atoms with Crippen molar-refractivity contribution >= 4 is 16.7 Å². The van der Waals surface area contributed by atoms with Gasteiger partial charge in [0.05, 0.1) is 30.1 Å². The summed E-state index contributed by atoms with van der Waals surface area (Å²) in [5, 5.41) is 8.92. The predicted molar refractivity (Wildman–Crippen MR) is 125 cm³/mol. The Balaban J connectivity index is 1.14. The van der Waals surface area contributed by atoms with Gasteiger partial charge in [0.15, 0.2) is 0 Å². The first-order chi connectivity index (χ1) is 15.5. The number of hydrogen-bond donors (Lipinski definition) is 1. The second-order valence-corrected chi connectivity index (χ2v) is 8.56. The Labute approximate surface area is 187 Å². The molecule has 2 unspecified atom stereocenters. The number of para-hydroxylation sites is 1. The molecule has 0 aliphatic heterocycles. The number of hydrogen-bond acceptors (Lipinski definition) is 6. The maximum absolute atomic E-state index is 5.98. The van der Waals surface area contributed by atoms with Gasteiger partial charge in [-0.2, -0.15) is 10.1 Å². The van der Waals surface area contributed by atoms with Gasteiger partial charge in [0, 0.05) is 30.1 Å². The van der Waals surface area contributed by atoms with Gasteiger partial charge in [-0.25, -0.2) is 4.98 Å². The van der Waals surface area contributed by atoms with E-state index in [-0.39, 0.29) is 0 Å². The van der Waals surface area contributed by atoms with Gasteiger partial charge in [0.1, 0.15) is 11.6 Å². The monoisotopic (exact) mass is 428 g/mol. The minimum absolute atomic E-state index is 0.537. The fraction of sp³-hybridized carbons (Fsp3) is 0.360. The molecule has 1 aromatic carbocycles. The molecular formula is C25H28N6O. The molecule has 0 saturated heterocycles. The molecule has 4 aromatic rings. The third-order valence-corrected chi connectivity index (χ3v) is 6.02. The van der Waals surface area contributed by atoms with Gasteiger partial charge >= 0.3 is 0 Å². The van der Waals surface area contributed by atoms with Gasteiger partial charge in [0.25, 0.3) is 0 Å². The lowest BCUT2D eigenvalue weighted by atomic mass is 10.1. The molecule has 0 amide bonds. The van der Waals surface area contributed by atoms with E-state index >= 15 is 0 Å². The van der Waals surface area contributed by atoms with Crippen molar-refractivity contribution in [3.63, 3.8) is 0 Å². The van der Waals surface area contributed by atoms with Crippen LogP contribution in [0.1, 0.15) is 41.7 Å². The van der Waals surface area contributed by atoms with E-state index in [1.807, 2.05) is 37.7 Å². The molecule has 1 fully saturated rings. The highest BCUT2D eigenvalue weighted by Gasteiger charge is 2.39. The number of rotatable bonds is 8. The lowest BCUT2D eigenvalue weighted by molar-refractivity contribution is 0.289. The molecule has 0 spiro atoms. The zero-order valence-corrected chi connectivity index (χ0v) is 18.7. The summed E-state index contributed by atoms with van der Waals surface area (Å²) in [7, 11) is 1.95. The van der Waals surface area contributed by atoms with Crippen LogP contribution in [-0.2, 0) is 13.6 Å². The summed E-state index contributed by atoms with van der Waals surface area (Å²) in [6, 6.07) is 16.6. The molecule has 7 nitrogen and oxygen atoms in total. The van der Waals surface area contributed by atoms with Crippen LogP contribution in [0.25, 0.3) is 10.9 Å². The van der Waals surface area contributed by atoms with Crippen LogP contribution in [0.15, 0.2) is 48.5 Å². The number of anilines is 1. The zero-order valence-electron chi connectivity index (χ0n) is 18.7. The van der Waals surface area contributed by atoms with Crippen LogP contribution in [0.3, 0.4) is 0 Å². The average Bonchev–Trinajstić information content (AvgIpc) is 3.47. The highest BCUT2D eigenvalue weighted by atomic mass is 16.5. The van der Waals surface area contributed by atoms with E-state index in [9.17, 15) is 0 Å². The second-order valence-electron chi connectivity index (χ2n) is 8.56. The van der Waals surface area contributed by atoms with Gasteiger partial charge in [-0.15, -0.1) is 0 Å². The molecule has 3 aromatic heterocycles. The quantitative estimate of drug-likeness (QED) is 0.443. The topological polar surface area (TPSA) is 77.8 Å². The highest BCUT2D eigenvalue weighted by Crippen LogP contribution is 2.49. The Kier molecular flexibility index (Phi) is 5.47. The van der Waals surface area contributed by atoms with Crippen LogP contribution in [0.5, 0.6) is 5.88 Å². The summed E-state index contributed by atoms with van der Waals surface area (Å²) in [6.07, 6.45) is 2.17. The number of aromatic nitrogens is 5. The fourth-order valence-electron chi connectivity index (χ4n) is 4.25. The van der Waals surface area contributed by atoms with Crippen LogP contribution in [0.2, 0.25) is 0 Å². The molecule has 3 heterocycles. The molecular weight excluding hydrogens is 400 g/mol. The van der Waals surface area contributed by atoms with E-state index in [1.54, 1.807) is 0 Å². The standard InChI is InChI=1S/C25H28N6O/c1-16-12-20(31(3)30-16)15-26-24-14-25(28-17(2)27-24)32-11-10-19-13-21(19)23-9-8-18-6-4-5-7-22(18)29-23/h4-9,12,14,19,21H,10-11,13,15H2,1-3H3,(H,26,27,28). The lowest BCUT2D eigenvalue weighted by Gasteiger charge is -2.10. The van der Waals surface area contributed by atoms with Crippen molar-refractivity contribution in [2.24, 2.45) is 13.0 Å². The minimum atomic E-state index is 0.537. The van der Waals surface area contributed by atoms with Crippen molar-refractivity contribution in [1.29, 1.82) is 0 Å². The third kappa shape index (κ3) is 4.56. The van der Waals surface area contributed by atoms with E-state index < -0.39 is 0 Å². The van der Waals surface area contributed by atoms with Gasteiger partial charge in [-0.1, -0.05) is 24.3 Å². The van der Waals surface area contributed by atoms with E-state index in [0.29, 0.717) is 36.7 Å². The zero-order chi connectivity index (χ0) is 22.1. The number of pyridine rings is 1. The predicted octanol–water partition coefficient (Wildman–Crippen LogP) is 4.56. The van der Waals surface area contributed by atoms with Crippen LogP contribution < -0.4 is 10.1 Å². The van der Waals surface area contributed by atoms with Crippen molar-refractivity contribution < 1.29 is 4.74 Å². The fourth-order valence-corrected chi connectivity index (χ4v) is 4.25. The van der Waals surface area contributed by atoms with Crippen molar-refractivity contribution in [3.8, 4) is 5.88 Å². The lowest BCUT2D eigenvalue weighted by Crippen LogP contribution is -2.08. The first kappa shape index (κ1) is 20.4. The van der Waals surface area contributed by atoms with E-state index in [4.69, 9.17) is 9.72 Å². The molecule has 164 valence electrons. The van der Waals surface area contributed by atoms with E-state index in [1.165, 1.54) is 17.5 Å². The summed E-state index contributed by atoms with van der Waals surface area (Å²) in [5.41, 5.74) is 4.38. The summed E-state index contributed by atoms with van der Waals surface area (Å²) >= 11 is 0. The first-order valence-corrected chi connectivity index (χ1v) is 11.1. The second kappa shape index (κ2) is 8.57. The van der Waals surface area contributed by atoms with Gasteiger partial charge in [0.2, 0.25) is 5.88 Å². The Hall–Kier alpha value is -3.48. The van der Waals surface area contributed by atoms with E-state index in [2.05, 4.69) is 56.8 Å². The number of nitrogens with zero attached hydrogens (tertiary/aromatic N) is 5. The molecule has 1 aliphatic rings. The summed E-state index contributed by atoms with van der Waals surface area (Å²) in [4.78, 5) is 13.8. The molecule has 0 radical (unpaired) electrons. The molecule has 1 N–H and O–H groups in total. The minimum Gasteiger partial charge on any atom is -0.478 e. The number of ether oxygens (including phenoxy) is 1. The summed E-state index contributed by atoms with van der Waals surface area (Å²) < 4.78 is 7.86. The number of aryl methyl sites for hydroxylation is 3. The largest absolute Gasteiger partial charge is 0.478 e. The number of fused-ring (bicyclic) bond motifs is 1. The molecule has 5 rings (SSSR count). The molecule has 1 saturated carbocycles. The maximum atomic E-state index is 5.98. The van der Waals surface area contributed by atoms with Gasteiger partial charge in [-0.3, -0.25) is 9.67 Å². The van der Waals surface area contributed by atoms with Gasteiger partial charge in [-0.05, 0) is 50.8 Å². The Morgan fingerprint density at radius 2 is 1.94 bits per heavy atom. The molecule has 0 bridgehead atoms. The molecule has 7 heteroatoms. The van der Waals surface area contributed by atoms with Crippen molar-refractivity contribution in [2.75, 3.05) is 11.9 Å². The van der Waals surface area contributed by atoms with Gasteiger partial charge < -0.3 is 10.1 Å². The van der Waals surface area contributed by atoms with Crippen LogP contribution in [0.4, 0.5) is 5.82 Å². The summed E-state index contributed by atoms with van der Waals surface area (Å²) in [6.45, 7) is 5.17. The molecule has 32 heavy (non-hydrogen) atoms. The Morgan fingerprint density at radius 3 is 2.78 bits per heavy atom. The van der Waals surface area contributed by atoms with Crippen molar-refractivity contribution in [3.05, 3.63) is 71.4 Å². The average molecular weight is 429 g/mol. The van der Waals surface area contributed by atoms with Crippen molar-refractivity contribution in [1.82, 2.24) is 24.7 Å². The molecule has 1 aliphatic carbocycles. The Morgan fingerprint density at radius 1 is 1.06 bits per heavy atom. The van der Waals surface area contributed by atoms with Crippen LogP contribution >= 0.6 is 0 Å². The smallest absolute Gasteiger partial charge is 0.218 e. The number of nitrogens with one attached hydrogen (secondary N) is 1. The van der Waals surface area contributed by atoms with Crippen LogP contribution in [-0.4, -0.2) is 31.3 Å². The van der Waals surface area contributed by atoms with Crippen LogP contribution in [0, 0.1) is 19.8 Å². The highest BCUT2D eigenvalue weighted by molar-refractivity contribution is 5.78. The maximum Gasteiger partial charge on any atom is 0.218 e. The third-order valence-electron chi connectivity index (χ3n) is 6.02.